The fourth-order valence-corrected chi connectivity index (χ4v) is 5.77. The number of aromatic nitrogens is 2. The van der Waals surface area contributed by atoms with Gasteiger partial charge in [-0.25, -0.2) is 8.42 Å². The van der Waals surface area contributed by atoms with Crippen LogP contribution in [0, 0.1) is 11.3 Å². The minimum absolute atomic E-state index is 0.207. The molecule has 146 valence electrons. The lowest BCUT2D eigenvalue weighted by molar-refractivity contribution is 0.00578. The van der Waals surface area contributed by atoms with Crippen molar-refractivity contribution in [2.45, 2.75) is 68.8 Å². The normalized spacial score (nSPS) is 26.6. The van der Waals surface area contributed by atoms with Crippen molar-refractivity contribution in [3.8, 4) is 6.07 Å². The van der Waals surface area contributed by atoms with Crippen molar-refractivity contribution in [1.29, 1.82) is 5.26 Å². The maximum atomic E-state index is 12.5. The summed E-state index contributed by atoms with van der Waals surface area (Å²) >= 11 is 0. The zero-order chi connectivity index (χ0) is 19.7. The van der Waals surface area contributed by atoms with Gasteiger partial charge in [-0.05, 0) is 40.5 Å². The molecular formula is C17H25BN4O4S. The first-order valence-electron chi connectivity index (χ1n) is 9.28. The second kappa shape index (κ2) is 5.80. The summed E-state index contributed by atoms with van der Waals surface area (Å²) in [5.74, 6) is 0. The maximum absolute atomic E-state index is 12.5. The summed E-state index contributed by atoms with van der Waals surface area (Å²) in [4.78, 5) is 0. The molecule has 0 amide bonds. The van der Waals surface area contributed by atoms with Crippen LogP contribution in [0.5, 0.6) is 0 Å². The van der Waals surface area contributed by atoms with Gasteiger partial charge in [-0.3, -0.25) is 5.10 Å². The highest BCUT2D eigenvalue weighted by Gasteiger charge is 2.57. The number of nitrogens with zero attached hydrogens (tertiary/aromatic N) is 3. The Morgan fingerprint density at radius 1 is 1.30 bits per heavy atom. The van der Waals surface area contributed by atoms with E-state index >= 15 is 0 Å². The molecule has 1 aromatic rings. The molecule has 1 aromatic heterocycles. The number of sulfonamides is 1. The predicted molar refractivity (Wildman–Crippen MR) is 99.7 cm³/mol. The molecule has 1 aliphatic carbocycles. The highest BCUT2D eigenvalue weighted by Crippen LogP contribution is 2.43. The summed E-state index contributed by atoms with van der Waals surface area (Å²) in [6.45, 7) is 8.48. The lowest BCUT2D eigenvalue weighted by Gasteiger charge is -2.48. The Labute approximate surface area is 160 Å². The summed E-state index contributed by atoms with van der Waals surface area (Å²) in [5.41, 5.74) is -0.103. The van der Waals surface area contributed by atoms with Crippen LogP contribution in [0.25, 0.3) is 0 Å². The molecule has 0 atom stereocenters. The van der Waals surface area contributed by atoms with Gasteiger partial charge in [-0.2, -0.15) is 14.7 Å². The Morgan fingerprint density at radius 3 is 2.41 bits per heavy atom. The second-order valence-electron chi connectivity index (χ2n) is 8.92. The fraction of sp³-hybridized carbons (Fsp3) is 0.765. The maximum Gasteiger partial charge on any atom is 0.498 e. The van der Waals surface area contributed by atoms with E-state index in [9.17, 15) is 13.7 Å². The third kappa shape index (κ3) is 2.83. The van der Waals surface area contributed by atoms with E-state index < -0.39 is 33.8 Å². The third-order valence-corrected chi connectivity index (χ3v) is 8.68. The van der Waals surface area contributed by atoms with Crippen molar-refractivity contribution in [2.24, 2.45) is 0 Å². The van der Waals surface area contributed by atoms with E-state index in [1.165, 1.54) is 4.31 Å². The highest BCUT2D eigenvalue weighted by atomic mass is 32.2. The number of rotatable bonds is 5. The van der Waals surface area contributed by atoms with Crippen molar-refractivity contribution in [2.75, 3.05) is 13.1 Å². The van der Waals surface area contributed by atoms with Crippen LogP contribution in [0.15, 0.2) is 6.20 Å². The largest absolute Gasteiger partial charge is 0.498 e. The zero-order valence-corrected chi connectivity index (χ0v) is 17.0. The summed E-state index contributed by atoms with van der Waals surface area (Å²) < 4.78 is 38.8. The molecular weight excluding hydrogens is 367 g/mol. The van der Waals surface area contributed by atoms with Crippen molar-refractivity contribution in [1.82, 2.24) is 14.5 Å². The van der Waals surface area contributed by atoms with Gasteiger partial charge in [0.25, 0.3) is 0 Å². The molecule has 27 heavy (non-hydrogen) atoms. The minimum atomic E-state index is -3.25. The van der Waals surface area contributed by atoms with Gasteiger partial charge < -0.3 is 9.31 Å². The molecule has 0 radical (unpaired) electrons. The first-order chi connectivity index (χ1) is 12.5. The van der Waals surface area contributed by atoms with E-state index in [1.54, 1.807) is 6.20 Å². The van der Waals surface area contributed by atoms with Crippen LogP contribution in [-0.4, -0.2) is 59.6 Å². The van der Waals surface area contributed by atoms with E-state index in [2.05, 4.69) is 16.3 Å². The molecule has 8 nitrogen and oxygen atoms in total. The van der Waals surface area contributed by atoms with Crippen molar-refractivity contribution in [3.05, 3.63) is 11.9 Å². The molecule has 3 aliphatic rings. The van der Waals surface area contributed by atoms with Crippen LogP contribution in [0.4, 0.5) is 0 Å². The van der Waals surface area contributed by atoms with Crippen molar-refractivity contribution >= 4 is 22.6 Å². The van der Waals surface area contributed by atoms with Crippen LogP contribution in [0.2, 0.25) is 0 Å². The van der Waals surface area contributed by atoms with Crippen molar-refractivity contribution in [3.63, 3.8) is 0 Å². The third-order valence-electron chi connectivity index (χ3n) is 6.39. The SMILES string of the molecule is CC1(C)OB(c2cn[nH]c2C2(CC#N)CN(S(=O)(=O)C3CC3)C2)OC1(C)C. The summed E-state index contributed by atoms with van der Waals surface area (Å²) in [6, 6.07) is 2.22. The lowest BCUT2D eigenvalue weighted by Crippen LogP contribution is -2.63. The molecule has 3 fully saturated rings. The van der Waals surface area contributed by atoms with Gasteiger partial charge >= 0.3 is 7.12 Å². The Balaban J connectivity index is 1.62. The highest BCUT2D eigenvalue weighted by molar-refractivity contribution is 7.90. The topological polar surface area (TPSA) is 108 Å². The van der Waals surface area contributed by atoms with Gasteiger partial charge in [-0.1, -0.05) is 0 Å². The number of hydrogen-bond donors (Lipinski definition) is 1. The predicted octanol–water partition coefficient (Wildman–Crippen LogP) is 0.668. The average Bonchev–Trinajstić information content (AvgIpc) is 3.23. The number of aromatic amines is 1. The summed E-state index contributed by atoms with van der Waals surface area (Å²) in [6.07, 6.45) is 3.33. The quantitative estimate of drug-likeness (QED) is 0.738. The molecule has 3 heterocycles. The number of nitriles is 1. The first kappa shape index (κ1) is 18.9. The standard InChI is InChI=1S/C17H25BN4O4S/c1-15(2)16(3,4)26-18(25-15)13-9-20-21-14(13)17(7-8-19)10-22(11-17)27(23,24)12-5-6-12/h9,12H,5-7,10-11H2,1-4H3,(H,20,21). The molecule has 0 spiro atoms. The molecule has 1 saturated carbocycles. The van der Waals surface area contributed by atoms with E-state index in [1.807, 2.05) is 27.7 Å². The minimum Gasteiger partial charge on any atom is -0.399 e. The Morgan fingerprint density at radius 2 is 1.89 bits per heavy atom. The van der Waals surface area contributed by atoms with Crippen LogP contribution in [0.3, 0.4) is 0 Å². The van der Waals surface area contributed by atoms with E-state index in [4.69, 9.17) is 9.31 Å². The molecule has 10 heteroatoms. The second-order valence-corrected chi connectivity index (χ2v) is 11.1. The van der Waals surface area contributed by atoms with E-state index in [-0.39, 0.29) is 24.8 Å². The van der Waals surface area contributed by atoms with Gasteiger partial charge in [0.15, 0.2) is 0 Å². The Kier molecular flexibility index (Phi) is 4.07. The Bertz CT molecular complexity index is 878. The van der Waals surface area contributed by atoms with Crippen molar-refractivity contribution < 1.29 is 17.7 Å². The monoisotopic (exact) mass is 392 g/mol. The zero-order valence-electron chi connectivity index (χ0n) is 16.2. The summed E-state index contributed by atoms with van der Waals surface area (Å²) in [7, 11) is -3.85. The molecule has 0 unspecified atom stereocenters. The van der Waals surface area contributed by atoms with Crippen LogP contribution >= 0.6 is 0 Å². The molecule has 0 aromatic carbocycles. The smallest absolute Gasteiger partial charge is 0.399 e. The summed E-state index contributed by atoms with van der Waals surface area (Å²) in [5, 5.41) is 16.3. The molecule has 2 saturated heterocycles. The average molecular weight is 392 g/mol. The fourth-order valence-electron chi connectivity index (χ4n) is 3.76. The number of hydrogen-bond acceptors (Lipinski definition) is 6. The Hall–Kier alpha value is -1.41. The molecule has 4 rings (SSSR count). The van der Waals surface area contributed by atoms with Gasteiger partial charge in [-0.15, -0.1) is 0 Å². The molecule has 0 bridgehead atoms. The number of nitrogens with one attached hydrogen (secondary N) is 1. The van der Waals surface area contributed by atoms with Crippen LogP contribution in [0.1, 0.15) is 52.7 Å². The van der Waals surface area contributed by atoms with Gasteiger partial charge in [0.05, 0.1) is 27.9 Å². The van der Waals surface area contributed by atoms with Gasteiger partial charge in [0.2, 0.25) is 10.0 Å². The van der Waals surface area contributed by atoms with E-state index in [0.29, 0.717) is 0 Å². The lowest BCUT2D eigenvalue weighted by atomic mass is 9.67. The van der Waals surface area contributed by atoms with Gasteiger partial charge in [0.1, 0.15) is 0 Å². The van der Waals surface area contributed by atoms with Crippen LogP contribution in [-0.2, 0) is 24.7 Å². The molecule has 2 aliphatic heterocycles. The van der Waals surface area contributed by atoms with Crippen LogP contribution < -0.4 is 5.46 Å². The molecule has 1 N–H and O–H groups in total. The van der Waals surface area contributed by atoms with E-state index in [0.717, 1.165) is 24.0 Å². The first-order valence-corrected chi connectivity index (χ1v) is 10.8. The number of H-pyrrole nitrogens is 1. The van der Waals surface area contributed by atoms with Gasteiger partial charge in [0, 0.05) is 36.9 Å².